The summed E-state index contributed by atoms with van der Waals surface area (Å²) in [7, 11) is 0. The second kappa shape index (κ2) is 2.01. The number of amidine groups is 1. The first-order valence-corrected chi connectivity index (χ1v) is 2.71. The van der Waals surface area contributed by atoms with Crippen LogP contribution in [0.5, 0.6) is 0 Å². The summed E-state index contributed by atoms with van der Waals surface area (Å²) in [5.74, 6) is 0.615. The van der Waals surface area contributed by atoms with Gasteiger partial charge in [0, 0.05) is 5.70 Å². The number of hydrogen-bond acceptors (Lipinski definition) is 2. The van der Waals surface area contributed by atoms with Gasteiger partial charge in [0.15, 0.2) is 0 Å². The number of hydrogen-bond donors (Lipinski definition) is 1. The molecule has 0 radical (unpaired) electrons. The van der Waals surface area contributed by atoms with Crippen molar-refractivity contribution in [1.82, 2.24) is 5.32 Å². The third kappa shape index (κ3) is 1.38. The maximum Gasteiger partial charge on any atom is 0.231 e. The zero-order valence-corrected chi connectivity index (χ0v) is 5.27. The van der Waals surface area contributed by atoms with Gasteiger partial charge in [-0.1, -0.05) is 6.58 Å². The van der Waals surface area contributed by atoms with Crippen molar-refractivity contribution < 1.29 is 4.79 Å². The fourth-order valence-electron chi connectivity index (χ4n) is 0.736. The van der Waals surface area contributed by atoms with Gasteiger partial charge in [-0.25, -0.2) is 4.99 Å². The Morgan fingerprint density at radius 2 is 2.44 bits per heavy atom. The summed E-state index contributed by atoms with van der Waals surface area (Å²) >= 11 is 0. The van der Waals surface area contributed by atoms with E-state index in [1.165, 1.54) is 0 Å². The molecule has 0 fully saturated rings. The smallest absolute Gasteiger partial charge is 0.231 e. The summed E-state index contributed by atoms with van der Waals surface area (Å²) in [5, 5.41) is 2.56. The van der Waals surface area contributed by atoms with Crippen molar-refractivity contribution in [3.63, 3.8) is 0 Å². The van der Waals surface area contributed by atoms with Crippen LogP contribution in [0.2, 0.25) is 0 Å². The molecule has 1 rings (SSSR count). The number of nitrogens with one attached hydrogen (secondary N) is 1. The van der Waals surface area contributed by atoms with Crippen molar-refractivity contribution in [3.8, 4) is 0 Å². The van der Waals surface area contributed by atoms with Crippen LogP contribution in [0, 0.1) is 0 Å². The molecule has 0 unspecified atom stereocenters. The molecular formula is C6H8N2O. The fraction of sp³-hybridized carbons (Fsp3) is 0.333. The highest BCUT2D eigenvalue weighted by Gasteiger charge is 2.09. The first kappa shape index (κ1) is 6.01. The Hall–Kier alpha value is -1.12. The molecule has 9 heavy (non-hydrogen) atoms. The van der Waals surface area contributed by atoms with Crippen LogP contribution in [0.25, 0.3) is 0 Å². The van der Waals surface area contributed by atoms with Crippen molar-refractivity contribution in [2.45, 2.75) is 13.3 Å². The van der Waals surface area contributed by atoms with E-state index in [1.54, 1.807) is 6.92 Å². The molecule has 3 nitrogen and oxygen atoms in total. The van der Waals surface area contributed by atoms with E-state index in [4.69, 9.17) is 0 Å². The molecular weight excluding hydrogens is 116 g/mol. The van der Waals surface area contributed by atoms with Crippen LogP contribution in [-0.4, -0.2) is 11.7 Å². The van der Waals surface area contributed by atoms with E-state index in [-0.39, 0.29) is 5.91 Å². The average molecular weight is 124 g/mol. The number of carbonyl (C=O) groups excluding carboxylic acids is 1. The maximum atomic E-state index is 10.6. The SMILES string of the molecule is C=C1CC(=O)NC(C)=N1. The van der Waals surface area contributed by atoms with Crippen LogP contribution >= 0.6 is 0 Å². The van der Waals surface area contributed by atoms with Gasteiger partial charge in [0.05, 0.1) is 6.42 Å². The standard InChI is InChI=1S/C6H8N2O/c1-4-3-6(9)8-5(2)7-4/h1,3H2,2H3,(H,7,8,9). The van der Waals surface area contributed by atoms with Gasteiger partial charge in [0.1, 0.15) is 5.84 Å². The Bertz CT molecular complexity index is 193. The molecule has 0 aromatic carbocycles. The Labute approximate surface area is 53.5 Å². The minimum absolute atomic E-state index is 0.0208. The van der Waals surface area contributed by atoms with E-state index in [9.17, 15) is 4.79 Å². The summed E-state index contributed by atoms with van der Waals surface area (Å²) in [5.41, 5.74) is 0.635. The van der Waals surface area contributed by atoms with Gasteiger partial charge in [-0.15, -0.1) is 0 Å². The maximum absolute atomic E-state index is 10.6. The number of aliphatic imine (C=N–C) groups is 1. The molecule has 1 N–H and O–H groups in total. The van der Waals surface area contributed by atoms with Crippen LogP contribution in [0.15, 0.2) is 17.3 Å². The molecule has 1 amide bonds. The van der Waals surface area contributed by atoms with Crippen LogP contribution in [0.1, 0.15) is 13.3 Å². The summed E-state index contributed by atoms with van der Waals surface area (Å²) < 4.78 is 0. The van der Waals surface area contributed by atoms with Crippen molar-refractivity contribution in [2.75, 3.05) is 0 Å². The lowest BCUT2D eigenvalue weighted by Crippen LogP contribution is -2.31. The number of amides is 1. The summed E-state index contributed by atoms with van der Waals surface area (Å²) in [6, 6.07) is 0. The molecule has 1 heterocycles. The number of carbonyl (C=O) groups is 1. The molecule has 0 saturated heterocycles. The minimum Gasteiger partial charge on any atom is -0.314 e. The fourth-order valence-corrected chi connectivity index (χ4v) is 0.736. The number of nitrogens with zero attached hydrogens (tertiary/aromatic N) is 1. The normalized spacial score (nSPS) is 19.0. The van der Waals surface area contributed by atoms with E-state index in [0.29, 0.717) is 18.0 Å². The Kier molecular flexibility index (Phi) is 1.34. The Morgan fingerprint density at radius 1 is 1.78 bits per heavy atom. The van der Waals surface area contributed by atoms with E-state index < -0.39 is 0 Å². The number of rotatable bonds is 0. The molecule has 1 aliphatic rings. The van der Waals surface area contributed by atoms with Crippen molar-refractivity contribution in [3.05, 3.63) is 12.3 Å². The quantitative estimate of drug-likeness (QED) is 0.500. The third-order valence-electron chi connectivity index (χ3n) is 1.01. The predicted octanol–water partition coefficient (Wildman–Crippen LogP) is 0.438. The first-order valence-electron chi connectivity index (χ1n) is 2.71. The van der Waals surface area contributed by atoms with Gasteiger partial charge in [0.25, 0.3) is 0 Å². The van der Waals surface area contributed by atoms with Gasteiger partial charge >= 0.3 is 0 Å². The Balaban J connectivity index is 2.79. The van der Waals surface area contributed by atoms with E-state index >= 15 is 0 Å². The zero-order valence-electron chi connectivity index (χ0n) is 5.27. The topological polar surface area (TPSA) is 41.5 Å². The third-order valence-corrected chi connectivity index (χ3v) is 1.01. The van der Waals surface area contributed by atoms with E-state index in [1.807, 2.05) is 0 Å². The molecule has 0 saturated carbocycles. The summed E-state index contributed by atoms with van der Waals surface area (Å²) in [6.07, 6.45) is 0.331. The highest BCUT2D eigenvalue weighted by atomic mass is 16.1. The predicted molar refractivity (Wildman–Crippen MR) is 35.0 cm³/mol. The molecule has 48 valence electrons. The second-order valence-electron chi connectivity index (χ2n) is 1.99. The van der Waals surface area contributed by atoms with Gasteiger partial charge in [-0.2, -0.15) is 0 Å². The van der Waals surface area contributed by atoms with Crippen molar-refractivity contribution >= 4 is 11.7 Å². The lowest BCUT2D eigenvalue weighted by Gasteiger charge is -2.09. The summed E-state index contributed by atoms with van der Waals surface area (Å²) in [6.45, 7) is 5.30. The van der Waals surface area contributed by atoms with E-state index in [0.717, 1.165) is 0 Å². The minimum atomic E-state index is -0.0208. The molecule has 0 aliphatic carbocycles. The molecule has 0 aromatic rings. The Morgan fingerprint density at radius 3 is 2.89 bits per heavy atom. The monoisotopic (exact) mass is 124 g/mol. The highest BCUT2D eigenvalue weighted by molar-refractivity contribution is 6.00. The van der Waals surface area contributed by atoms with Crippen LogP contribution in [0.3, 0.4) is 0 Å². The van der Waals surface area contributed by atoms with Gasteiger partial charge in [0.2, 0.25) is 5.91 Å². The second-order valence-corrected chi connectivity index (χ2v) is 1.99. The summed E-state index contributed by atoms with van der Waals surface area (Å²) in [4.78, 5) is 14.6. The highest BCUT2D eigenvalue weighted by Crippen LogP contribution is 2.03. The average Bonchev–Trinajstić information content (AvgIpc) is 1.59. The van der Waals surface area contributed by atoms with E-state index in [2.05, 4.69) is 16.9 Å². The van der Waals surface area contributed by atoms with Gasteiger partial charge in [-0.05, 0) is 6.92 Å². The molecule has 0 bridgehead atoms. The lowest BCUT2D eigenvalue weighted by atomic mass is 10.3. The lowest BCUT2D eigenvalue weighted by molar-refractivity contribution is -0.119. The van der Waals surface area contributed by atoms with Crippen LogP contribution < -0.4 is 5.32 Å². The van der Waals surface area contributed by atoms with Gasteiger partial charge < -0.3 is 5.32 Å². The molecule has 3 heteroatoms. The van der Waals surface area contributed by atoms with Gasteiger partial charge in [-0.3, -0.25) is 4.79 Å². The molecule has 0 aromatic heterocycles. The van der Waals surface area contributed by atoms with Crippen LogP contribution in [-0.2, 0) is 4.79 Å². The van der Waals surface area contributed by atoms with Crippen molar-refractivity contribution in [2.24, 2.45) is 4.99 Å². The molecule has 1 aliphatic heterocycles. The van der Waals surface area contributed by atoms with Crippen LogP contribution in [0.4, 0.5) is 0 Å². The molecule has 0 spiro atoms. The first-order chi connectivity index (χ1) is 4.18. The zero-order chi connectivity index (χ0) is 6.85. The van der Waals surface area contributed by atoms with Crippen molar-refractivity contribution in [1.29, 1.82) is 0 Å². The molecule has 0 atom stereocenters. The largest absolute Gasteiger partial charge is 0.314 e.